The van der Waals surface area contributed by atoms with E-state index in [1.165, 1.54) is 64.9 Å². The zero-order valence-corrected chi connectivity index (χ0v) is 28.7. The summed E-state index contributed by atoms with van der Waals surface area (Å²) >= 11 is 1.78. The second-order valence-corrected chi connectivity index (χ2v) is 14.2. The fourth-order valence-corrected chi connectivity index (χ4v) is 8.22. The number of anilines is 1. The lowest BCUT2D eigenvalue weighted by Gasteiger charge is -2.41. The van der Waals surface area contributed by atoms with E-state index in [2.05, 4.69) is 65.0 Å². The summed E-state index contributed by atoms with van der Waals surface area (Å²) in [6.07, 6.45) is 13.1. The first kappa shape index (κ1) is 33.5. The number of amides is 1. The van der Waals surface area contributed by atoms with Gasteiger partial charge >= 0.3 is 6.15 Å². The van der Waals surface area contributed by atoms with Crippen molar-refractivity contribution in [2.45, 2.75) is 80.7 Å². The molecule has 0 unspecified atom stereocenters. The molecule has 2 saturated carbocycles. The van der Waals surface area contributed by atoms with Crippen molar-refractivity contribution in [3.8, 4) is 11.3 Å². The van der Waals surface area contributed by atoms with Gasteiger partial charge < -0.3 is 14.8 Å². The second-order valence-electron chi connectivity index (χ2n) is 13.3. The van der Waals surface area contributed by atoms with Crippen molar-refractivity contribution in [2.75, 3.05) is 24.7 Å². The first-order valence-corrected chi connectivity index (χ1v) is 18.2. The Morgan fingerprint density at radius 3 is 2.35 bits per heavy atom. The summed E-state index contributed by atoms with van der Waals surface area (Å²) in [6, 6.07) is 21.1. The van der Waals surface area contributed by atoms with Gasteiger partial charge in [-0.05, 0) is 91.3 Å². The third-order valence-electron chi connectivity index (χ3n) is 10.6. The second kappa shape index (κ2) is 14.4. The molecule has 2 fully saturated rings. The van der Waals surface area contributed by atoms with Gasteiger partial charge in [-0.1, -0.05) is 62.2 Å². The number of aromatic nitrogens is 1. The molecular formula is C40H43N3O4S. The standard InChI is InChI=1S/C39H43N3O2S.CO2/c1-4-26-11-13-27(14-12-26)23-35(43)39(19-8-20-39)40-38(44)29-15-17-31-34(24-29)42-22-21-41(2)33-25-30(45-3)16-18-32(33)37(42)36(31)28-9-6-5-7-10-28;2-1-3/h4,11-18,24-25,28H,1,5-10,19-23H2,2-3H3,(H,40,44);. The summed E-state index contributed by atoms with van der Waals surface area (Å²) in [5.74, 6) is 0.456. The Labute approximate surface area is 286 Å². The molecule has 1 N–H and O–H groups in total. The van der Waals surface area contributed by atoms with E-state index in [1.54, 1.807) is 17.8 Å². The fourth-order valence-electron chi connectivity index (χ4n) is 7.79. The van der Waals surface area contributed by atoms with Crippen LogP contribution >= 0.6 is 11.8 Å². The molecular weight excluding hydrogens is 619 g/mol. The van der Waals surface area contributed by atoms with Gasteiger partial charge in [-0.2, -0.15) is 9.59 Å². The van der Waals surface area contributed by atoms with Crippen molar-refractivity contribution in [1.29, 1.82) is 0 Å². The first-order valence-electron chi connectivity index (χ1n) is 16.9. The van der Waals surface area contributed by atoms with E-state index in [4.69, 9.17) is 9.59 Å². The Balaban J connectivity index is 0.00000129. The normalized spacial score (nSPS) is 16.7. The number of thioether (sulfide) groups is 1. The van der Waals surface area contributed by atoms with Gasteiger partial charge in [0.1, 0.15) is 0 Å². The van der Waals surface area contributed by atoms with Crippen LogP contribution in [0.1, 0.15) is 84.3 Å². The van der Waals surface area contributed by atoms with Crippen LogP contribution in [0.3, 0.4) is 0 Å². The van der Waals surface area contributed by atoms with Crippen molar-refractivity contribution >= 4 is 52.3 Å². The highest BCUT2D eigenvalue weighted by Crippen LogP contribution is 2.48. The van der Waals surface area contributed by atoms with E-state index in [1.807, 2.05) is 30.3 Å². The minimum absolute atomic E-state index is 0.0925. The lowest BCUT2D eigenvalue weighted by molar-refractivity contribution is -0.191. The van der Waals surface area contributed by atoms with Crippen molar-refractivity contribution in [2.24, 2.45) is 0 Å². The van der Waals surface area contributed by atoms with Gasteiger partial charge in [0.05, 0.1) is 11.2 Å². The van der Waals surface area contributed by atoms with Crippen LogP contribution in [0.25, 0.3) is 28.2 Å². The van der Waals surface area contributed by atoms with Gasteiger partial charge in [-0.15, -0.1) is 11.8 Å². The molecule has 3 aliphatic rings. The highest BCUT2D eigenvalue weighted by atomic mass is 32.2. The SMILES string of the molecule is C=Cc1ccc(CC(=O)C2(NC(=O)c3ccc4c(C5CCCCC5)c5n(c4c3)CCN(C)c3cc(SC)ccc3-5)CCC2)cc1.O=C=O. The molecule has 1 aliphatic heterocycles. The maximum atomic E-state index is 13.9. The molecule has 7 nitrogen and oxygen atoms in total. The largest absolute Gasteiger partial charge is 0.373 e. The number of nitrogens with one attached hydrogen (secondary N) is 1. The molecule has 2 heterocycles. The summed E-state index contributed by atoms with van der Waals surface area (Å²) in [5, 5.41) is 4.50. The summed E-state index contributed by atoms with van der Waals surface area (Å²) in [6.45, 7) is 5.57. The summed E-state index contributed by atoms with van der Waals surface area (Å²) in [7, 11) is 2.19. The quantitative estimate of drug-likeness (QED) is 0.192. The lowest BCUT2D eigenvalue weighted by Crippen LogP contribution is -2.59. The smallest absolute Gasteiger partial charge is 0.372 e. The zero-order valence-electron chi connectivity index (χ0n) is 27.8. The molecule has 1 aromatic heterocycles. The number of hydrogen-bond donors (Lipinski definition) is 1. The topological polar surface area (TPSA) is 88.5 Å². The average Bonchev–Trinajstić information content (AvgIpc) is 3.34. The van der Waals surface area contributed by atoms with Gasteiger partial charge in [0, 0.05) is 59.2 Å². The Bertz CT molecular complexity index is 1880. The Hall–Kier alpha value is -4.39. The number of benzene rings is 3. The molecule has 0 bridgehead atoms. The molecule has 1 amide bonds. The van der Waals surface area contributed by atoms with Gasteiger partial charge in [-0.3, -0.25) is 9.59 Å². The third kappa shape index (κ3) is 6.39. The molecule has 0 saturated heterocycles. The number of hydrogen-bond acceptors (Lipinski definition) is 6. The lowest BCUT2D eigenvalue weighted by atomic mass is 9.72. The van der Waals surface area contributed by atoms with Crippen LogP contribution in [0.15, 0.2) is 72.1 Å². The molecule has 8 heteroatoms. The molecule has 0 atom stereocenters. The summed E-state index contributed by atoms with van der Waals surface area (Å²) < 4.78 is 2.48. The predicted octanol–water partition coefficient (Wildman–Crippen LogP) is 8.05. The van der Waals surface area contributed by atoms with Gasteiger partial charge in [0.25, 0.3) is 5.91 Å². The molecule has 0 spiro atoms. The maximum absolute atomic E-state index is 13.9. The van der Waals surface area contributed by atoms with E-state index in [-0.39, 0.29) is 17.8 Å². The van der Waals surface area contributed by atoms with E-state index < -0.39 is 5.54 Å². The highest BCUT2D eigenvalue weighted by molar-refractivity contribution is 7.98. The highest BCUT2D eigenvalue weighted by Gasteiger charge is 2.45. The van der Waals surface area contributed by atoms with Crippen LogP contribution < -0.4 is 10.2 Å². The minimum atomic E-state index is -0.789. The number of carbonyl (C=O) groups is 2. The van der Waals surface area contributed by atoms with Gasteiger partial charge in [0.2, 0.25) is 0 Å². The average molecular weight is 662 g/mol. The molecule has 3 aromatic carbocycles. The van der Waals surface area contributed by atoms with Gasteiger partial charge in [-0.25, -0.2) is 0 Å². The van der Waals surface area contributed by atoms with Crippen molar-refractivity contribution in [3.63, 3.8) is 0 Å². The molecule has 4 aromatic rings. The molecule has 7 rings (SSSR count). The monoisotopic (exact) mass is 661 g/mol. The van der Waals surface area contributed by atoms with Crippen LogP contribution in [0.5, 0.6) is 0 Å². The number of ketones is 1. The van der Waals surface area contributed by atoms with Crippen molar-refractivity contribution in [1.82, 2.24) is 9.88 Å². The van der Waals surface area contributed by atoms with Crippen LogP contribution in [0.4, 0.5) is 5.69 Å². The number of rotatable bonds is 8. The number of nitrogens with zero attached hydrogens (tertiary/aromatic N) is 2. The van der Waals surface area contributed by atoms with E-state index in [9.17, 15) is 9.59 Å². The summed E-state index contributed by atoms with van der Waals surface area (Å²) in [5.41, 5.74) is 8.32. The maximum Gasteiger partial charge on any atom is 0.373 e. The Morgan fingerprint density at radius 1 is 0.979 bits per heavy atom. The van der Waals surface area contributed by atoms with E-state index in [0.29, 0.717) is 30.7 Å². The van der Waals surface area contributed by atoms with Crippen LogP contribution in [-0.4, -0.2) is 47.8 Å². The van der Waals surface area contributed by atoms with E-state index >= 15 is 0 Å². The van der Waals surface area contributed by atoms with Crippen molar-refractivity contribution < 1.29 is 19.2 Å². The van der Waals surface area contributed by atoms with E-state index in [0.717, 1.165) is 36.2 Å². The van der Waals surface area contributed by atoms with Crippen LogP contribution in [0.2, 0.25) is 0 Å². The molecule has 0 radical (unpaired) electrons. The number of carbonyl (C=O) groups excluding carboxylic acids is 4. The fraction of sp³-hybridized carbons (Fsp3) is 0.375. The van der Waals surface area contributed by atoms with Crippen molar-refractivity contribution in [3.05, 3.63) is 89.5 Å². The third-order valence-corrected chi connectivity index (χ3v) is 11.3. The Kier molecular flexibility index (Phi) is 10.0. The predicted molar refractivity (Wildman–Crippen MR) is 193 cm³/mol. The Morgan fingerprint density at radius 2 is 1.71 bits per heavy atom. The number of fused-ring (bicyclic) bond motifs is 5. The first-order chi connectivity index (χ1) is 23.3. The minimum Gasteiger partial charge on any atom is -0.372 e. The van der Waals surface area contributed by atoms with Gasteiger partial charge in [0.15, 0.2) is 5.78 Å². The van der Waals surface area contributed by atoms with Crippen LogP contribution in [-0.2, 0) is 27.3 Å². The molecule has 48 heavy (non-hydrogen) atoms. The molecule has 2 aliphatic carbocycles. The number of Topliss-reactive ketones (excluding diaryl/α,β-unsaturated/α-hetero) is 1. The van der Waals surface area contributed by atoms with Crippen LogP contribution in [0, 0.1) is 0 Å². The summed E-state index contributed by atoms with van der Waals surface area (Å²) in [4.78, 5) is 47.4. The number of likely N-dealkylation sites (N-methyl/N-ethyl adjacent to an activating group) is 1. The zero-order chi connectivity index (χ0) is 33.8. The molecule has 248 valence electrons.